The summed E-state index contributed by atoms with van der Waals surface area (Å²) in [5.41, 5.74) is 3.95. The molecule has 0 bridgehead atoms. The fourth-order valence-electron chi connectivity index (χ4n) is 2.16. The number of rotatable bonds is 5. The Kier molecular flexibility index (Phi) is 5.67. The Morgan fingerprint density at radius 3 is 2.55 bits per heavy atom. The summed E-state index contributed by atoms with van der Waals surface area (Å²) in [5.74, 6) is 0.902. The van der Waals surface area contributed by atoms with Crippen LogP contribution in [0.2, 0.25) is 0 Å². The molecule has 0 N–H and O–H groups in total. The molecule has 0 saturated carbocycles. The van der Waals surface area contributed by atoms with Gasteiger partial charge in [-0.15, -0.1) is 0 Å². The lowest BCUT2D eigenvalue weighted by Crippen LogP contribution is -1.99. The van der Waals surface area contributed by atoms with Crippen LogP contribution in [0.25, 0.3) is 0 Å². The molecule has 0 aliphatic carbocycles. The number of hydrogen-bond acceptors (Lipinski definition) is 1. The molecule has 106 valence electrons. The number of alkyl halides is 1. The second-order valence-electron chi connectivity index (χ2n) is 4.71. The van der Waals surface area contributed by atoms with Crippen molar-refractivity contribution in [2.45, 2.75) is 25.1 Å². The number of aryl methyl sites for hydroxylation is 1. The first kappa shape index (κ1) is 15.6. The van der Waals surface area contributed by atoms with Crippen LogP contribution in [-0.4, -0.2) is 6.61 Å². The number of hydrogen-bond donors (Lipinski definition) is 0. The largest absolute Gasteiger partial charge is 0.494 e. The molecule has 1 unspecified atom stereocenters. The van der Waals surface area contributed by atoms with Gasteiger partial charge in [0, 0.05) is 9.30 Å². The molecule has 0 aliphatic rings. The van der Waals surface area contributed by atoms with Crippen molar-refractivity contribution in [3.05, 3.63) is 63.6 Å². The van der Waals surface area contributed by atoms with Gasteiger partial charge >= 0.3 is 0 Å². The molecule has 2 aromatic carbocycles. The van der Waals surface area contributed by atoms with Gasteiger partial charge in [-0.1, -0.05) is 62.2 Å². The van der Waals surface area contributed by atoms with Crippen molar-refractivity contribution < 1.29 is 4.74 Å². The van der Waals surface area contributed by atoms with E-state index in [1.165, 1.54) is 16.7 Å². The monoisotopic (exact) mass is 396 g/mol. The molecule has 0 saturated heterocycles. The third-order valence-corrected chi connectivity index (χ3v) is 4.78. The maximum absolute atomic E-state index is 5.51. The highest BCUT2D eigenvalue weighted by Crippen LogP contribution is 2.35. The van der Waals surface area contributed by atoms with Crippen LogP contribution in [0.4, 0.5) is 0 Å². The highest BCUT2D eigenvalue weighted by molar-refractivity contribution is 9.11. The van der Waals surface area contributed by atoms with Crippen LogP contribution < -0.4 is 4.74 Å². The Morgan fingerprint density at radius 1 is 1.15 bits per heavy atom. The van der Waals surface area contributed by atoms with Crippen LogP contribution in [0.5, 0.6) is 5.75 Å². The highest BCUT2D eigenvalue weighted by Gasteiger charge is 2.13. The summed E-state index contributed by atoms with van der Waals surface area (Å²) < 4.78 is 6.60. The number of halogens is 2. The minimum absolute atomic E-state index is 0.286. The van der Waals surface area contributed by atoms with Crippen LogP contribution in [0.1, 0.15) is 28.4 Å². The summed E-state index contributed by atoms with van der Waals surface area (Å²) >= 11 is 7.44. The minimum Gasteiger partial charge on any atom is -0.494 e. The van der Waals surface area contributed by atoms with Crippen molar-refractivity contribution in [2.24, 2.45) is 0 Å². The normalized spacial score (nSPS) is 12.2. The van der Waals surface area contributed by atoms with Gasteiger partial charge in [-0.05, 0) is 49.1 Å². The van der Waals surface area contributed by atoms with E-state index >= 15 is 0 Å². The van der Waals surface area contributed by atoms with Gasteiger partial charge in [0.2, 0.25) is 0 Å². The van der Waals surface area contributed by atoms with Crippen molar-refractivity contribution in [3.63, 3.8) is 0 Å². The maximum Gasteiger partial charge on any atom is 0.120 e. The molecule has 1 atom stereocenters. The van der Waals surface area contributed by atoms with Crippen molar-refractivity contribution in [3.8, 4) is 5.75 Å². The number of benzene rings is 2. The van der Waals surface area contributed by atoms with Crippen LogP contribution in [-0.2, 0) is 6.42 Å². The second kappa shape index (κ2) is 7.28. The zero-order valence-corrected chi connectivity index (χ0v) is 14.9. The minimum atomic E-state index is 0.286. The van der Waals surface area contributed by atoms with Gasteiger partial charge in [-0.25, -0.2) is 0 Å². The van der Waals surface area contributed by atoms with Gasteiger partial charge in [-0.3, -0.25) is 0 Å². The number of ether oxygens (including phenoxy) is 1. The summed E-state index contributed by atoms with van der Waals surface area (Å²) in [6.45, 7) is 4.84. The molecular weight excluding hydrogens is 380 g/mol. The lowest BCUT2D eigenvalue weighted by Gasteiger charge is -2.15. The fourth-order valence-corrected chi connectivity index (χ4v) is 3.85. The second-order valence-corrected chi connectivity index (χ2v) is 6.67. The van der Waals surface area contributed by atoms with Crippen LogP contribution in [0.3, 0.4) is 0 Å². The molecule has 3 heteroatoms. The van der Waals surface area contributed by atoms with E-state index in [0.717, 1.165) is 16.6 Å². The van der Waals surface area contributed by atoms with E-state index in [1.54, 1.807) is 0 Å². The molecule has 0 heterocycles. The molecule has 0 aliphatic heterocycles. The first-order chi connectivity index (χ1) is 9.61. The highest BCUT2D eigenvalue weighted by atomic mass is 79.9. The van der Waals surface area contributed by atoms with Crippen LogP contribution in [0, 0.1) is 6.92 Å². The molecule has 2 aromatic rings. The molecule has 0 spiro atoms. The average Bonchev–Trinajstić information content (AvgIpc) is 2.42. The Morgan fingerprint density at radius 2 is 1.90 bits per heavy atom. The van der Waals surface area contributed by atoms with Gasteiger partial charge in [0.1, 0.15) is 5.75 Å². The molecular formula is C17H18Br2O. The van der Waals surface area contributed by atoms with Crippen molar-refractivity contribution in [1.82, 2.24) is 0 Å². The summed E-state index contributed by atoms with van der Waals surface area (Å²) in [6, 6.07) is 14.7. The fraction of sp³-hybridized carbons (Fsp3) is 0.294. The van der Waals surface area contributed by atoms with Gasteiger partial charge < -0.3 is 4.74 Å². The Bertz CT molecular complexity index is 581. The van der Waals surface area contributed by atoms with E-state index in [1.807, 2.05) is 19.1 Å². The van der Waals surface area contributed by atoms with E-state index in [-0.39, 0.29) is 4.83 Å². The van der Waals surface area contributed by atoms with Crippen molar-refractivity contribution >= 4 is 31.9 Å². The van der Waals surface area contributed by atoms with Gasteiger partial charge in [0.15, 0.2) is 0 Å². The van der Waals surface area contributed by atoms with E-state index < -0.39 is 0 Å². The first-order valence-electron chi connectivity index (χ1n) is 6.72. The van der Waals surface area contributed by atoms with E-state index in [2.05, 4.69) is 69.1 Å². The van der Waals surface area contributed by atoms with Crippen molar-refractivity contribution in [2.75, 3.05) is 6.61 Å². The van der Waals surface area contributed by atoms with Gasteiger partial charge in [0.05, 0.1) is 6.61 Å². The van der Waals surface area contributed by atoms with Gasteiger partial charge in [0.25, 0.3) is 0 Å². The van der Waals surface area contributed by atoms with Crippen molar-refractivity contribution in [1.29, 1.82) is 0 Å². The molecule has 0 aromatic heterocycles. The summed E-state index contributed by atoms with van der Waals surface area (Å²) in [7, 11) is 0. The zero-order chi connectivity index (χ0) is 14.5. The predicted molar refractivity (Wildman–Crippen MR) is 91.9 cm³/mol. The third kappa shape index (κ3) is 3.86. The molecule has 0 fully saturated rings. The standard InChI is InChI=1S/C17H18Br2O/c1-3-20-14-8-9-15(17(19)11-14)16(18)10-13-7-5-4-6-12(13)2/h4-9,11,16H,3,10H2,1-2H3. The maximum atomic E-state index is 5.51. The summed E-state index contributed by atoms with van der Waals surface area (Å²) in [6.07, 6.45) is 0.971. The van der Waals surface area contributed by atoms with Crippen LogP contribution >= 0.6 is 31.9 Å². The zero-order valence-electron chi connectivity index (χ0n) is 11.7. The SMILES string of the molecule is CCOc1ccc(C(Br)Cc2ccccc2C)c(Br)c1. The summed E-state index contributed by atoms with van der Waals surface area (Å²) in [5, 5.41) is 0. The predicted octanol–water partition coefficient (Wildman–Crippen LogP) is 5.83. The van der Waals surface area contributed by atoms with Crippen LogP contribution in [0.15, 0.2) is 46.9 Å². The summed E-state index contributed by atoms with van der Waals surface area (Å²) in [4.78, 5) is 0.286. The first-order valence-corrected chi connectivity index (χ1v) is 8.43. The molecule has 2 rings (SSSR count). The molecule has 0 radical (unpaired) electrons. The lowest BCUT2D eigenvalue weighted by molar-refractivity contribution is 0.340. The van der Waals surface area contributed by atoms with E-state index in [9.17, 15) is 0 Å². The van der Waals surface area contributed by atoms with E-state index in [0.29, 0.717) is 6.61 Å². The Labute approximate surface area is 137 Å². The third-order valence-electron chi connectivity index (χ3n) is 3.28. The topological polar surface area (TPSA) is 9.23 Å². The van der Waals surface area contributed by atoms with E-state index in [4.69, 9.17) is 4.74 Å². The van der Waals surface area contributed by atoms with Gasteiger partial charge in [-0.2, -0.15) is 0 Å². The smallest absolute Gasteiger partial charge is 0.120 e. The quantitative estimate of drug-likeness (QED) is 0.576. The lowest BCUT2D eigenvalue weighted by atomic mass is 10.0. The Balaban J connectivity index is 2.17. The average molecular weight is 398 g/mol. The molecule has 0 amide bonds. The molecule has 20 heavy (non-hydrogen) atoms. The Hall–Kier alpha value is -0.800. The molecule has 1 nitrogen and oxygen atoms in total.